The Bertz CT molecular complexity index is 657. The van der Waals surface area contributed by atoms with E-state index in [1.165, 1.54) is 24.3 Å². The van der Waals surface area contributed by atoms with Gasteiger partial charge in [-0.1, -0.05) is 24.0 Å². The number of hydrogen-bond donors (Lipinski definition) is 0. The Morgan fingerprint density at radius 3 is 2.43 bits per heavy atom. The molecule has 4 heteroatoms. The third kappa shape index (κ3) is 4.77. The maximum atomic E-state index is 13.3. The maximum absolute atomic E-state index is 13.3. The van der Waals surface area contributed by atoms with Gasteiger partial charge in [-0.15, -0.1) is 11.6 Å². The Hall–Kier alpha value is -2.05. The lowest BCUT2D eigenvalue weighted by molar-refractivity contribution is 0.303. The maximum Gasteiger partial charge on any atom is 0.138 e. The van der Waals surface area contributed by atoms with Crippen LogP contribution in [0.15, 0.2) is 42.5 Å². The van der Waals surface area contributed by atoms with Crippen LogP contribution in [0.5, 0.6) is 5.75 Å². The molecule has 2 aromatic rings. The van der Waals surface area contributed by atoms with E-state index in [1.807, 2.05) is 0 Å². The smallest absolute Gasteiger partial charge is 0.138 e. The van der Waals surface area contributed by atoms with Crippen molar-refractivity contribution in [3.05, 3.63) is 65.2 Å². The highest BCUT2D eigenvalue weighted by atomic mass is 35.5. The quantitative estimate of drug-likeness (QED) is 0.596. The lowest BCUT2D eigenvalue weighted by atomic mass is 10.2. The lowest BCUT2D eigenvalue weighted by Crippen LogP contribution is -1.98. The SMILES string of the molecule is Fc1ccc(COc2cc(F)ccc2C#CCCCl)cc1. The first-order valence-corrected chi connectivity index (χ1v) is 6.94. The highest BCUT2D eigenvalue weighted by Gasteiger charge is 2.04. The van der Waals surface area contributed by atoms with Crippen molar-refractivity contribution in [3.63, 3.8) is 0 Å². The van der Waals surface area contributed by atoms with Crippen LogP contribution in [0.4, 0.5) is 8.78 Å². The molecule has 0 aliphatic carbocycles. The molecule has 0 heterocycles. The van der Waals surface area contributed by atoms with Crippen molar-refractivity contribution in [1.29, 1.82) is 0 Å². The largest absolute Gasteiger partial charge is 0.487 e. The van der Waals surface area contributed by atoms with E-state index >= 15 is 0 Å². The fourth-order valence-electron chi connectivity index (χ4n) is 1.67. The normalized spacial score (nSPS) is 9.86. The molecule has 0 bridgehead atoms. The van der Waals surface area contributed by atoms with E-state index in [0.29, 0.717) is 23.6 Å². The Morgan fingerprint density at radius 1 is 1.00 bits per heavy atom. The first kappa shape index (κ1) is 15.3. The minimum absolute atomic E-state index is 0.216. The van der Waals surface area contributed by atoms with Gasteiger partial charge in [0, 0.05) is 18.4 Å². The van der Waals surface area contributed by atoms with E-state index in [4.69, 9.17) is 16.3 Å². The van der Waals surface area contributed by atoms with E-state index in [9.17, 15) is 8.78 Å². The monoisotopic (exact) mass is 306 g/mol. The molecule has 1 nitrogen and oxygen atoms in total. The zero-order chi connectivity index (χ0) is 15.1. The second kappa shape index (κ2) is 7.66. The van der Waals surface area contributed by atoms with Crippen LogP contribution in [0.25, 0.3) is 0 Å². The molecule has 0 saturated heterocycles. The molecule has 0 aliphatic heterocycles. The number of rotatable bonds is 4. The molecule has 0 unspecified atom stereocenters. The standard InChI is InChI=1S/C17H13ClF2O/c18-10-2-1-3-14-6-9-16(20)11-17(14)21-12-13-4-7-15(19)8-5-13/h4-9,11H,2,10,12H2. The highest BCUT2D eigenvalue weighted by molar-refractivity contribution is 6.18. The van der Waals surface area contributed by atoms with Gasteiger partial charge in [0.15, 0.2) is 0 Å². The van der Waals surface area contributed by atoms with Crippen molar-refractivity contribution in [3.8, 4) is 17.6 Å². The van der Waals surface area contributed by atoms with Gasteiger partial charge in [0.2, 0.25) is 0 Å². The van der Waals surface area contributed by atoms with Crippen LogP contribution in [-0.4, -0.2) is 5.88 Å². The van der Waals surface area contributed by atoms with Crippen molar-refractivity contribution < 1.29 is 13.5 Å². The first-order valence-electron chi connectivity index (χ1n) is 6.40. The third-order valence-corrected chi connectivity index (χ3v) is 2.88. The Morgan fingerprint density at radius 2 is 1.71 bits per heavy atom. The number of alkyl halides is 1. The summed E-state index contributed by atoms with van der Waals surface area (Å²) in [7, 11) is 0. The van der Waals surface area contributed by atoms with Gasteiger partial charge in [0.1, 0.15) is 24.0 Å². The zero-order valence-electron chi connectivity index (χ0n) is 11.2. The minimum Gasteiger partial charge on any atom is -0.487 e. The molecule has 0 amide bonds. The van der Waals surface area contributed by atoms with Gasteiger partial charge in [0.05, 0.1) is 5.56 Å². The van der Waals surface area contributed by atoms with Crippen LogP contribution in [-0.2, 0) is 6.61 Å². The second-order valence-electron chi connectivity index (χ2n) is 4.30. The molecule has 0 spiro atoms. The lowest BCUT2D eigenvalue weighted by Gasteiger charge is -2.08. The molecule has 108 valence electrons. The summed E-state index contributed by atoms with van der Waals surface area (Å²) in [4.78, 5) is 0. The van der Waals surface area contributed by atoms with Crippen LogP contribution in [0, 0.1) is 23.5 Å². The Balaban J connectivity index is 2.13. The van der Waals surface area contributed by atoms with Gasteiger partial charge in [0.25, 0.3) is 0 Å². The Labute approximate surface area is 127 Å². The third-order valence-electron chi connectivity index (χ3n) is 2.69. The van der Waals surface area contributed by atoms with E-state index < -0.39 is 5.82 Å². The van der Waals surface area contributed by atoms with E-state index in [1.54, 1.807) is 18.2 Å². The number of ether oxygens (including phenoxy) is 1. The van der Waals surface area contributed by atoms with Gasteiger partial charge < -0.3 is 4.74 Å². The average molecular weight is 307 g/mol. The molecular weight excluding hydrogens is 294 g/mol. The molecule has 0 aromatic heterocycles. The first-order chi connectivity index (χ1) is 10.2. The summed E-state index contributed by atoms with van der Waals surface area (Å²) >= 11 is 5.56. The Kier molecular flexibility index (Phi) is 5.59. The molecule has 0 N–H and O–H groups in total. The van der Waals surface area contributed by atoms with Gasteiger partial charge in [-0.25, -0.2) is 8.78 Å². The fourth-order valence-corrected chi connectivity index (χ4v) is 1.76. The van der Waals surface area contributed by atoms with Gasteiger partial charge in [-0.05, 0) is 29.8 Å². The minimum atomic E-state index is -0.396. The van der Waals surface area contributed by atoms with Crippen molar-refractivity contribution in [2.75, 3.05) is 5.88 Å². The van der Waals surface area contributed by atoms with Crippen LogP contribution in [0.1, 0.15) is 17.5 Å². The average Bonchev–Trinajstić information content (AvgIpc) is 2.49. The van der Waals surface area contributed by atoms with Crippen LogP contribution in [0.3, 0.4) is 0 Å². The topological polar surface area (TPSA) is 9.23 Å². The molecule has 2 aromatic carbocycles. The van der Waals surface area contributed by atoms with E-state index in [0.717, 1.165) is 5.56 Å². The molecule has 0 atom stereocenters. The summed E-state index contributed by atoms with van der Waals surface area (Å²) in [6, 6.07) is 10.1. The molecular formula is C17H13ClF2O. The molecule has 0 fully saturated rings. The summed E-state index contributed by atoms with van der Waals surface area (Å²) in [5, 5.41) is 0. The van der Waals surface area contributed by atoms with E-state index in [-0.39, 0.29) is 12.4 Å². The predicted molar refractivity (Wildman–Crippen MR) is 79.3 cm³/mol. The van der Waals surface area contributed by atoms with Crippen molar-refractivity contribution in [2.45, 2.75) is 13.0 Å². The number of benzene rings is 2. The van der Waals surface area contributed by atoms with Gasteiger partial charge in [-0.3, -0.25) is 0 Å². The fraction of sp³-hybridized carbons (Fsp3) is 0.176. The summed E-state index contributed by atoms with van der Waals surface area (Å²) in [5.74, 6) is 5.89. The van der Waals surface area contributed by atoms with Gasteiger partial charge in [-0.2, -0.15) is 0 Å². The summed E-state index contributed by atoms with van der Waals surface area (Å²) in [5.41, 5.74) is 1.39. The molecule has 2 rings (SSSR count). The highest BCUT2D eigenvalue weighted by Crippen LogP contribution is 2.20. The van der Waals surface area contributed by atoms with Crippen molar-refractivity contribution >= 4 is 11.6 Å². The van der Waals surface area contributed by atoms with Crippen molar-refractivity contribution in [2.24, 2.45) is 0 Å². The molecule has 0 radical (unpaired) electrons. The predicted octanol–water partition coefficient (Wildman–Crippen LogP) is 4.52. The van der Waals surface area contributed by atoms with Gasteiger partial charge >= 0.3 is 0 Å². The summed E-state index contributed by atoms with van der Waals surface area (Å²) < 4.78 is 31.7. The molecule has 0 aliphatic rings. The molecule has 21 heavy (non-hydrogen) atoms. The number of halogens is 3. The molecule has 0 saturated carbocycles. The zero-order valence-corrected chi connectivity index (χ0v) is 12.0. The summed E-state index contributed by atoms with van der Waals surface area (Å²) in [6.45, 7) is 0.216. The van der Waals surface area contributed by atoms with E-state index in [2.05, 4.69) is 11.8 Å². The number of hydrogen-bond acceptors (Lipinski definition) is 1. The second-order valence-corrected chi connectivity index (χ2v) is 4.67. The van der Waals surface area contributed by atoms with Crippen LogP contribution in [0.2, 0.25) is 0 Å². The van der Waals surface area contributed by atoms with Crippen molar-refractivity contribution in [1.82, 2.24) is 0 Å². The van der Waals surface area contributed by atoms with Crippen LogP contribution >= 0.6 is 11.6 Å². The van der Waals surface area contributed by atoms with Crippen LogP contribution < -0.4 is 4.74 Å². The summed E-state index contributed by atoms with van der Waals surface area (Å²) in [6.07, 6.45) is 0.552.